The van der Waals surface area contributed by atoms with Gasteiger partial charge in [0.15, 0.2) is 11.6 Å². The monoisotopic (exact) mass is 520 g/mol. The number of hydrogen-bond donors (Lipinski definition) is 0. The van der Waals surface area contributed by atoms with E-state index in [0.717, 1.165) is 9.87 Å². The zero-order valence-electron chi connectivity index (χ0n) is 17.4. The molecule has 0 amide bonds. The minimum Gasteiger partial charge on any atom is -0.292 e. The summed E-state index contributed by atoms with van der Waals surface area (Å²) in [4.78, 5) is 18.2. The average molecular weight is 522 g/mol. The van der Waals surface area contributed by atoms with Crippen molar-refractivity contribution in [2.24, 2.45) is 4.99 Å². The zero-order valence-corrected chi connectivity index (χ0v) is 20.5. The van der Waals surface area contributed by atoms with E-state index < -0.39 is 31.7 Å². The third-order valence-electron chi connectivity index (χ3n) is 5.32. The predicted molar refractivity (Wildman–Crippen MR) is 132 cm³/mol. The van der Waals surface area contributed by atoms with E-state index >= 15 is 0 Å². The maximum Gasteiger partial charge on any atom is 0.266 e. The van der Waals surface area contributed by atoms with Crippen LogP contribution in [-0.2, 0) is 10.0 Å². The zero-order chi connectivity index (χ0) is 23.8. The lowest BCUT2D eigenvalue weighted by atomic mass is 9.94. The number of sulfonamides is 1. The predicted octanol–water partition coefficient (Wildman–Crippen LogP) is 5.76. The minimum absolute atomic E-state index is 0.0328. The van der Waals surface area contributed by atoms with Gasteiger partial charge < -0.3 is 0 Å². The molecule has 0 saturated carbocycles. The minimum atomic E-state index is -4.30. The smallest absolute Gasteiger partial charge is 0.266 e. The molecule has 0 radical (unpaired) electrons. The van der Waals surface area contributed by atoms with E-state index in [1.807, 2.05) is 13.0 Å². The molecule has 9 heteroatoms. The van der Waals surface area contributed by atoms with Crippen LogP contribution in [0.5, 0.6) is 0 Å². The Morgan fingerprint density at radius 2 is 1.42 bits per heavy atom. The number of nitrogens with zero attached hydrogens (tertiary/aromatic N) is 2. The molecule has 3 aromatic carbocycles. The fourth-order valence-electron chi connectivity index (χ4n) is 3.73. The number of carbonyl (C=O) groups excluding carboxylic acids is 1. The van der Waals surface area contributed by atoms with E-state index in [-0.39, 0.29) is 10.7 Å². The summed E-state index contributed by atoms with van der Waals surface area (Å²) >= 11 is 18.6. The van der Waals surface area contributed by atoms with Crippen molar-refractivity contribution in [3.8, 4) is 0 Å². The van der Waals surface area contributed by atoms with E-state index in [1.165, 1.54) is 12.1 Å². The highest BCUT2D eigenvalue weighted by molar-refractivity contribution is 7.89. The second-order valence-corrected chi connectivity index (χ2v) is 11.7. The highest BCUT2D eigenvalue weighted by atomic mass is 35.6. The highest BCUT2D eigenvalue weighted by Crippen LogP contribution is 2.43. The Morgan fingerprint density at radius 3 is 1.97 bits per heavy atom. The van der Waals surface area contributed by atoms with Gasteiger partial charge in [-0.15, -0.1) is 0 Å². The number of carbonyl (C=O) groups is 1. The van der Waals surface area contributed by atoms with Crippen molar-refractivity contribution < 1.29 is 13.2 Å². The Bertz CT molecular complexity index is 1290. The summed E-state index contributed by atoms with van der Waals surface area (Å²) in [6, 6.07) is 21.4. The molecule has 1 aliphatic rings. The van der Waals surface area contributed by atoms with Crippen LogP contribution in [0.25, 0.3) is 0 Å². The van der Waals surface area contributed by atoms with Crippen LogP contribution in [0.15, 0.2) is 94.8 Å². The van der Waals surface area contributed by atoms with Gasteiger partial charge in [0.2, 0.25) is 3.79 Å². The Balaban J connectivity index is 1.94. The van der Waals surface area contributed by atoms with Crippen LogP contribution in [-0.4, -0.2) is 34.2 Å². The molecule has 33 heavy (non-hydrogen) atoms. The molecule has 0 N–H and O–H groups in total. The summed E-state index contributed by atoms with van der Waals surface area (Å²) in [6.45, 7) is 1.84. The van der Waals surface area contributed by atoms with Crippen molar-refractivity contribution in [1.29, 1.82) is 0 Å². The SMILES string of the molecule is Cc1ccc(S(=O)(=O)N2C(C(Cl)(Cl)Cl)=N[C@@H](c3ccccc3)[C@@H]2C(=O)c2ccccc2)cc1. The molecule has 0 aromatic heterocycles. The summed E-state index contributed by atoms with van der Waals surface area (Å²) in [5.41, 5.74) is 1.83. The molecule has 0 unspecified atom stereocenters. The van der Waals surface area contributed by atoms with Crippen LogP contribution in [0.4, 0.5) is 0 Å². The van der Waals surface area contributed by atoms with Crippen molar-refractivity contribution in [3.63, 3.8) is 0 Å². The second kappa shape index (κ2) is 9.11. The molecule has 1 aliphatic heterocycles. The summed E-state index contributed by atoms with van der Waals surface area (Å²) in [7, 11) is -4.30. The van der Waals surface area contributed by atoms with Gasteiger partial charge in [-0.05, 0) is 24.6 Å². The van der Waals surface area contributed by atoms with Gasteiger partial charge in [0.05, 0.1) is 4.90 Å². The number of amidine groups is 1. The molecular weight excluding hydrogens is 503 g/mol. The van der Waals surface area contributed by atoms with Crippen LogP contribution >= 0.6 is 34.8 Å². The van der Waals surface area contributed by atoms with Crippen molar-refractivity contribution in [3.05, 3.63) is 102 Å². The van der Waals surface area contributed by atoms with Crippen molar-refractivity contribution in [2.45, 2.75) is 27.7 Å². The summed E-state index contributed by atoms with van der Waals surface area (Å²) < 4.78 is 26.4. The number of aliphatic imine (C=N–C) groups is 1. The molecule has 0 bridgehead atoms. The van der Waals surface area contributed by atoms with Crippen LogP contribution < -0.4 is 0 Å². The molecule has 2 atom stereocenters. The van der Waals surface area contributed by atoms with Gasteiger partial charge in [-0.2, -0.15) is 0 Å². The number of rotatable bonds is 5. The standard InChI is InChI=1S/C24H19Cl3N2O3S/c1-16-12-14-19(15-13-16)33(31,32)29-21(22(30)18-10-6-3-7-11-18)20(17-8-4-2-5-9-17)28-23(29)24(25,26)27/h2-15,20-21H,1H3/t20-,21+/m0/s1. The maximum atomic E-state index is 13.8. The molecule has 0 aliphatic carbocycles. The quantitative estimate of drug-likeness (QED) is 0.317. The topological polar surface area (TPSA) is 66.8 Å². The molecule has 1 heterocycles. The first-order valence-electron chi connectivity index (χ1n) is 10.0. The van der Waals surface area contributed by atoms with E-state index in [2.05, 4.69) is 4.99 Å². The number of hydrogen-bond acceptors (Lipinski definition) is 4. The van der Waals surface area contributed by atoms with Gasteiger partial charge in [-0.25, -0.2) is 12.7 Å². The molecule has 3 aromatic rings. The molecule has 0 spiro atoms. The van der Waals surface area contributed by atoms with Crippen LogP contribution in [0.1, 0.15) is 27.5 Å². The lowest BCUT2D eigenvalue weighted by molar-refractivity contribution is 0.0915. The first-order valence-corrected chi connectivity index (χ1v) is 12.6. The number of halogens is 3. The van der Waals surface area contributed by atoms with Gasteiger partial charge >= 0.3 is 0 Å². The molecule has 0 saturated heterocycles. The normalized spacial score (nSPS) is 18.8. The van der Waals surface area contributed by atoms with E-state index in [4.69, 9.17) is 34.8 Å². The third kappa shape index (κ3) is 4.66. The number of Topliss-reactive ketones (excluding diaryl/α,β-unsaturated/α-hetero) is 1. The van der Waals surface area contributed by atoms with Crippen LogP contribution in [0.2, 0.25) is 0 Å². The van der Waals surface area contributed by atoms with Crippen LogP contribution in [0.3, 0.4) is 0 Å². The van der Waals surface area contributed by atoms with Gasteiger partial charge in [-0.1, -0.05) is 113 Å². The van der Waals surface area contributed by atoms with E-state index in [1.54, 1.807) is 66.7 Å². The maximum absolute atomic E-state index is 13.8. The number of ketones is 1. The first-order chi connectivity index (χ1) is 15.6. The highest BCUT2D eigenvalue weighted by Gasteiger charge is 2.53. The van der Waals surface area contributed by atoms with Crippen molar-refractivity contribution >= 4 is 56.4 Å². The van der Waals surface area contributed by atoms with Gasteiger partial charge in [0, 0.05) is 5.56 Å². The Hall–Kier alpha value is -2.38. The van der Waals surface area contributed by atoms with Crippen LogP contribution in [0, 0.1) is 6.92 Å². The molecule has 4 rings (SSSR count). The molecule has 170 valence electrons. The number of aryl methyl sites for hydroxylation is 1. The number of benzene rings is 3. The molecule has 5 nitrogen and oxygen atoms in total. The Labute approximate surface area is 207 Å². The summed E-state index contributed by atoms with van der Waals surface area (Å²) in [5.74, 6) is -0.774. The molecule has 0 fully saturated rings. The number of alkyl halides is 3. The lowest BCUT2D eigenvalue weighted by Crippen LogP contribution is -2.49. The lowest BCUT2D eigenvalue weighted by Gasteiger charge is -2.30. The fraction of sp³-hybridized carbons (Fsp3) is 0.167. The third-order valence-corrected chi connectivity index (χ3v) is 7.61. The fourth-order valence-corrected chi connectivity index (χ4v) is 5.93. The van der Waals surface area contributed by atoms with Crippen molar-refractivity contribution in [1.82, 2.24) is 4.31 Å². The van der Waals surface area contributed by atoms with Gasteiger partial charge in [0.25, 0.3) is 10.0 Å². The van der Waals surface area contributed by atoms with E-state index in [9.17, 15) is 13.2 Å². The largest absolute Gasteiger partial charge is 0.292 e. The second-order valence-electron chi connectivity index (χ2n) is 7.60. The Kier molecular flexibility index (Phi) is 6.56. The van der Waals surface area contributed by atoms with Gasteiger partial charge in [-0.3, -0.25) is 9.79 Å². The Morgan fingerprint density at radius 1 is 0.879 bits per heavy atom. The van der Waals surface area contributed by atoms with Gasteiger partial charge in [0.1, 0.15) is 12.1 Å². The summed E-state index contributed by atoms with van der Waals surface area (Å²) in [6.07, 6.45) is 0. The first kappa shape index (κ1) is 23.8. The summed E-state index contributed by atoms with van der Waals surface area (Å²) in [5, 5.41) is 0. The van der Waals surface area contributed by atoms with E-state index in [0.29, 0.717) is 11.1 Å². The molecular formula is C24H19Cl3N2O3S. The van der Waals surface area contributed by atoms with Crippen molar-refractivity contribution in [2.75, 3.05) is 0 Å². The average Bonchev–Trinajstić information content (AvgIpc) is 3.22.